The quantitative estimate of drug-likeness (QED) is 0.439. The van der Waals surface area contributed by atoms with Crippen molar-refractivity contribution in [3.05, 3.63) is 41.6 Å². The molecule has 140 valence electrons. The Bertz CT molecular complexity index is 658. The fourth-order valence-corrected chi connectivity index (χ4v) is 2.87. The summed E-state index contributed by atoms with van der Waals surface area (Å²) in [5.74, 6) is -0.315. The number of carbonyl (C=O) groups excluding carboxylic acids is 1. The van der Waals surface area contributed by atoms with Crippen LogP contribution in [0, 0.1) is 18.3 Å². The van der Waals surface area contributed by atoms with E-state index in [4.69, 9.17) is 4.74 Å². The van der Waals surface area contributed by atoms with E-state index >= 15 is 0 Å². The lowest BCUT2D eigenvalue weighted by atomic mass is 10.2. The maximum atomic E-state index is 12.1. The van der Waals surface area contributed by atoms with Crippen LogP contribution in [0.15, 0.2) is 36.0 Å². The van der Waals surface area contributed by atoms with Gasteiger partial charge in [-0.25, -0.2) is 0 Å². The molecule has 0 spiro atoms. The smallest absolute Gasteiger partial charge is 0.263 e. The number of nitriles is 1. The van der Waals surface area contributed by atoms with Gasteiger partial charge < -0.3 is 19.9 Å². The van der Waals surface area contributed by atoms with Crippen molar-refractivity contribution >= 4 is 11.6 Å². The zero-order chi connectivity index (χ0) is 18.8. The Morgan fingerprint density at radius 3 is 2.77 bits per heavy atom. The molecule has 0 aromatic heterocycles. The molecule has 0 atom stereocenters. The standard InChI is InChI=1S/C20H28N4O2/c1-3-26-13-5-8-22-20(25)18(15-21)16-23-9-11-24(12-10-23)19-7-4-6-17(2)14-19/h4,6-7,14,16H,3,5,8-13H2,1-2H3,(H,22,25)/b18-16-. The van der Waals surface area contributed by atoms with Gasteiger partial charge in [-0.05, 0) is 38.0 Å². The molecule has 0 unspecified atom stereocenters. The van der Waals surface area contributed by atoms with Crippen molar-refractivity contribution in [3.63, 3.8) is 0 Å². The molecule has 0 bridgehead atoms. The average molecular weight is 356 g/mol. The highest BCUT2D eigenvalue weighted by Gasteiger charge is 2.17. The van der Waals surface area contributed by atoms with Crippen LogP contribution in [0.2, 0.25) is 0 Å². The lowest BCUT2D eigenvalue weighted by Crippen LogP contribution is -2.44. The molecule has 1 saturated heterocycles. The van der Waals surface area contributed by atoms with Gasteiger partial charge >= 0.3 is 0 Å². The zero-order valence-electron chi connectivity index (χ0n) is 15.7. The van der Waals surface area contributed by atoms with E-state index in [9.17, 15) is 10.1 Å². The van der Waals surface area contributed by atoms with Gasteiger partial charge in [0.1, 0.15) is 11.6 Å². The average Bonchev–Trinajstić information content (AvgIpc) is 2.66. The predicted octanol–water partition coefficient (Wildman–Crippen LogP) is 2.07. The van der Waals surface area contributed by atoms with Crippen molar-refractivity contribution in [2.24, 2.45) is 0 Å². The number of nitrogens with one attached hydrogen (secondary N) is 1. The minimum atomic E-state index is -0.315. The fraction of sp³-hybridized carbons (Fsp3) is 0.500. The molecule has 1 amide bonds. The first-order valence-corrected chi connectivity index (χ1v) is 9.17. The summed E-state index contributed by atoms with van der Waals surface area (Å²) in [6.07, 6.45) is 2.43. The first-order chi connectivity index (χ1) is 12.6. The fourth-order valence-electron chi connectivity index (χ4n) is 2.87. The number of nitrogens with zero attached hydrogens (tertiary/aromatic N) is 3. The minimum absolute atomic E-state index is 0.158. The molecule has 1 aliphatic heterocycles. The Morgan fingerprint density at radius 1 is 1.35 bits per heavy atom. The third-order valence-corrected chi connectivity index (χ3v) is 4.31. The zero-order valence-corrected chi connectivity index (χ0v) is 15.7. The van der Waals surface area contributed by atoms with Gasteiger partial charge in [-0.3, -0.25) is 4.79 Å². The van der Waals surface area contributed by atoms with Crippen molar-refractivity contribution in [3.8, 4) is 6.07 Å². The summed E-state index contributed by atoms with van der Waals surface area (Å²) in [5, 5.41) is 12.1. The summed E-state index contributed by atoms with van der Waals surface area (Å²) in [6.45, 7) is 9.15. The number of piperazine rings is 1. The van der Waals surface area contributed by atoms with Crippen LogP contribution in [0.1, 0.15) is 18.9 Å². The number of hydrogen-bond acceptors (Lipinski definition) is 5. The summed E-state index contributed by atoms with van der Waals surface area (Å²) < 4.78 is 5.23. The third-order valence-electron chi connectivity index (χ3n) is 4.31. The molecule has 2 rings (SSSR count). The van der Waals surface area contributed by atoms with E-state index in [2.05, 4.69) is 41.4 Å². The summed E-state index contributed by atoms with van der Waals surface area (Å²) in [5.41, 5.74) is 2.63. The normalized spacial score (nSPS) is 14.9. The number of anilines is 1. The number of aryl methyl sites for hydroxylation is 1. The Kier molecular flexibility index (Phi) is 7.97. The van der Waals surface area contributed by atoms with Gasteiger partial charge in [0, 0.05) is 57.8 Å². The van der Waals surface area contributed by atoms with Gasteiger partial charge in [0.2, 0.25) is 0 Å². The van der Waals surface area contributed by atoms with Gasteiger partial charge in [-0.1, -0.05) is 12.1 Å². The summed E-state index contributed by atoms with van der Waals surface area (Å²) in [4.78, 5) is 16.5. The molecular weight excluding hydrogens is 328 g/mol. The van der Waals surface area contributed by atoms with Crippen LogP contribution in [-0.2, 0) is 9.53 Å². The van der Waals surface area contributed by atoms with E-state index < -0.39 is 0 Å². The van der Waals surface area contributed by atoms with Crippen LogP contribution >= 0.6 is 0 Å². The van der Waals surface area contributed by atoms with Gasteiger partial charge in [-0.2, -0.15) is 5.26 Å². The molecule has 1 aliphatic rings. The van der Waals surface area contributed by atoms with Gasteiger partial charge in [-0.15, -0.1) is 0 Å². The van der Waals surface area contributed by atoms with Crippen LogP contribution in [0.25, 0.3) is 0 Å². The van der Waals surface area contributed by atoms with Crippen LogP contribution in [0.4, 0.5) is 5.69 Å². The second kappa shape index (κ2) is 10.5. The maximum Gasteiger partial charge on any atom is 0.263 e. The van der Waals surface area contributed by atoms with Crippen LogP contribution in [0.3, 0.4) is 0 Å². The predicted molar refractivity (Wildman–Crippen MR) is 103 cm³/mol. The maximum absolute atomic E-state index is 12.1. The molecule has 0 aliphatic carbocycles. The lowest BCUT2D eigenvalue weighted by molar-refractivity contribution is -0.117. The van der Waals surface area contributed by atoms with Crippen molar-refractivity contribution in [1.29, 1.82) is 5.26 Å². The van der Waals surface area contributed by atoms with Crippen LogP contribution < -0.4 is 10.2 Å². The van der Waals surface area contributed by atoms with E-state index in [0.717, 1.165) is 32.6 Å². The van der Waals surface area contributed by atoms with E-state index in [1.165, 1.54) is 11.3 Å². The van der Waals surface area contributed by atoms with Crippen molar-refractivity contribution in [2.45, 2.75) is 20.3 Å². The largest absolute Gasteiger partial charge is 0.382 e. The molecule has 1 N–H and O–H groups in total. The molecular formula is C20H28N4O2. The second-order valence-corrected chi connectivity index (χ2v) is 6.32. The molecule has 1 fully saturated rings. The number of hydrogen-bond donors (Lipinski definition) is 1. The second-order valence-electron chi connectivity index (χ2n) is 6.32. The molecule has 6 nitrogen and oxygen atoms in total. The van der Waals surface area contributed by atoms with E-state index in [1.807, 2.05) is 17.9 Å². The van der Waals surface area contributed by atoms with E-state index in [0.29, 0.717) is 19.8 Å². The Morgan fingerprint density at radius 2 is 2.12 bits per heavy atom. The van der Waals surface area contributed by atoms with Crippen LogP contribution in [0.5, 0.6) is 0 Å². The number of benzene rings is 1. The monoisotopic (exact) mass is 356 g/mol. The summed E-state index contributed by atoms with van der Waals surface area (Å²) >= 11 is 0. The molecule has 6 heteroatoms. The highest BCUT2D eigenvalue weighted by atomic mass is 16.5. The molecule has 1 aromatic carbocycles. The van der Waals surface area contributed by atoms with Crippen molar-refractivity contribution < 1.29 is 9.53 Å². The Labute approximate surface area is 156 Å². The van der Waals surface area contributed by atoms with E-state index in [-0.39, 0.29) is 11.5 Å². The van der Waals surface area contributed by atoms with Crippen LogP contribution in [-0.4, -0.2) is 56.7 Å². The highest BCUT2D eigenvalue weighted by molar-refractivity contribution is 5.97. The van der Waals surface area contributed by atoms with E-state index in [1.54, 1.807) is 6.20 Å². The van der Waals surface area contributed by atoms with Gasteiger partial charge in [0.25, 0.3) is 5.91 Å². The minimum Gasteiger partial charge on any atom is -0.382 e. The topological polar surface area (TPSA) is 68.6 Å². The van der Waals surface area contributed by atoms with Crippen molar-refractivity contribution in [1.82, 2.24) is 10.2 Å². The SMILES string of the molecule is CCOCCCNC(=O)/C(C#N)=C\N1CCN(c2cccc(C)c2)CC1. The summed E-state index contributed by atoms with van der Waals surface area (Å²) in [7, 11) is 0. The van der Waals surface area contributed by atoms with Crippen molar-refractivity contribution in [2.75, 3.05) is 50.8 Å². The number of amides is 1. The third kappa shape index (κ3) is 6.08. The first-order valence-electron chi connectivity index (χ1n) is 9.17. The van der Waals surface area contributed by atoms with Gasteiger partial charge in [0.05, 0.1) is 0 Å². The first kappa shape index (κ1) is 19.8. The molecule has 0 radical (unpaired) electrons. The molecule has 0 saturated carbocycles. The number of rotatable bonds is 8. The number of carbonyl (C=O) groups is 1. The summed E-state index contributed by atoms with van der Waals surface area (Å²) in [6, 6.07) is 10.5. The molecule has 1 aromatic rings. The number of ether oxygens (including phenoxy) is 1. The Hall–Kier alpha value is -2.52. The lowest BCUT2D eigenvalue weighted by Gasteiger charge is -2.35. The Balaban J connectivity index is 1.83. The molecule has 1 heterocycles. The molecule has 26 heavy (non-hydrogen) atoms. The highest BCUT2D eigenvalue weighted by Crippen LogP contribution is 2.18. The van der Waals surface area contributed by atoms with Gasteiger partial charge in [0.15, 0.2) is 0 Å².